The van der Waals surface area contributed by atoms with Crippen LogP contribution in [0.3, 0.4) is 0 Å². The molecule has 2 rings (SSSR count). The van der Waals surface area contributed by atoms with Gasteiger partial charge in [-0.2, -0.15) is 0 Å². The third kappa shape index (κ3) is 3.19. The summed E-state index contributed by atoms with van der Waals surface area (Å²) in [5.74, 6) is 0. The van der Waals surface area contributed by atoms with Gasteiger partial charge in [0.15, 0.2) is 0 Å². The SMILES string of the molecule is CCNCC1(CN2CCCC2)CCCOC1. The van der Waals surface area contributed by atoms with Gasteiger partial charge in [0.2, 0.25) is 0 Å². The Bertz CT molecular complexity index is 196. The number of likely N-dealkylation sites (tertiary alicyclic amines) is 1. The van der Waals surface area contributed by atoms with Crippen LogP contribution in [-0.2, 0) is 4.74 Å². The van der Waals surface area contributed by atoms with Gasteiger partial charge in [0.05, 0.1) is 6.61 Å². The van der Waals surface area contributed by atoms with E-state index in [1.165, 1.54) is 45.3 Å². The first-order chi connectivity index (χ1) is 7.85. The van der Waals surface area contributed by atoms with E-state index < -0.39 is 0 Å². The number of nitrogens with zero attached hydrogens (tertiary/aromatic N) is 1. The minimum absolute atomic E-state index is 0.388. The highest BCUT2D eigenvalue weighted by molar-refractivity contribution is 4.88. The van der Waals surface area contributed by atoms with Gasteiger partial charge in [-0.1, -0.05) is 6.92 Å². The van der Waals surface area contributed by atoms with Gasteiger partial charge in [0.25, 0.3) is 0 Å². The minimum Gasteiger partial charge on any atom is -0.381 e. The van der Waals surface area contributed by atoms with E-state index in [2.05, 4.69) is 17.1 Å². The zero-order chi connectivity index (χ0) is 11.3. The van der Waals surface area contributed by atoms with Crippen LogP contribution < -0.4 is 5.32 Å². The Morgan fingerprint density at radius 1 is 1.25 bits per heavy atom. The Morgan fingerprint density at radius 3 is 2.69 bits per heavy atom. The van der Waals surface area contributed by atoms with Crippen LogP contribution in [0.5, 0.6) is 0 Å². The highest BCUT2D eigenvalue weighted by Gasteiger charge is 2.34. The van der Waals surface area contributed by atoms with Crippen LogP contribution in [0.1, 0.15) is 32.6 Å². The third-order valence-electron chi connectivity index (χ3n) is 3.91. The largest absolute Gasteiger partial charge is 0.381 e. The first-order valence-corrected chi connectivity index (χ1v) is 6.85. The average Bonchev–Trinajstić information content (AvgIpc) is 2.80. The second-order valence-corrected chi connectivity index (χ2v) is 5.42. The van der Waals surface area contributed by atoms with E-state index in [1.807, 2.05) is 0 Å². The molecule has 0 bridgehead atoms. The summed E-state index contributed by atoms with van der Waals surface area (Å²) >= 11 is 0. The molecule has 0 saturated carbocycles. The predicted molar refractivity (Wildman–Crippen MR) is 66.7 cm³/mol. The molecule has 0 aromatic carbocycles. The van der Waals surface area contributed by atoms with E-state index in [4.69, 9.17) is 4.74 Å². The number of hydrogen-bond donors (Lipinski definition) is 1. The van der Waals surface area contributed by atoms with Crippen LogP contribution >= 0.6 is 0 Å². The maximum Gasteiger partial charge on any atom is 0.0546 e. The van der Waals surface area contributed by atoms with Gasteiger partial charge in [-0.05, 0) is 45.3 Å². The first kappa shape index (κ1) is 12.3. The molecule has 0 aromatic heterocycles. The van der Waals surface area contributed by atoms with Crippen molar-refractivity contribution >= 4 is 0 Å². The molecule has 0 amide bonds. The number of ether oxygens (including phenoxy) is 1. The van der Waals surface area contributed by atoms with E-state index in [9.17, 15) is 0 Å². The fourth-order valence-corrected chi connectivity index (χ4v) is 3.04. The molecule has 1 atom stereocenters. The summed E-state index contributed by atoms with van der Waals surface area (Å²) < 4.78 is 5.73. The summed E-state index contributed by atoms with van der Waals surface area (Å²) in [6.45, 7) is 10.1. The lowest BCUT2D eigenvalue weighted by atomic mass is 9.81. The molecule has 0 spiro atoms. The van der Waals surface area contributed by atoms with Crippen LogP contribution in [0.4, 0.5) is 0 Å². The molecular formula is C13H26N2O. The van der Waals surface area contributed by atoms with Crippen LogP contribution in [0.2, 0.25) is 0 Å². The standard InChI is InChI=1S/C13H26N2O/c1-2-14-10-13(6-5-9-16-12-13)11-15-7-3-4-8-15/h14H,2-12H2,1H3. The fourth-order valence-electron chi connectivity index (χ4n) is 3.04. The van der Waals surface area contributed by atoms with Gasteiger partial charge >= 0.3 is 0 Å². The molecule has 3 nitrogen and oxygen atoms in total. The smallest absolute Gasteiger partial charge is 0.0546 e. The summed E-state index contributed by atoms with van der Waals surface area (Å²) in [5, 5.41) is 3.53. The van der Waals surface area contributed by atoms with E-state index in [1.54, 1.807) is 0 Å². The van der Waals surface area contributed by atoms with Gasteiger partial charge in [-0.15, -0.1) is 0 Å². The Balaban J connectivity index is 1.89. The quantitative estimate of drug-likeness (QED) is 0.768. The van der Waals surface area contributed by atoms with Crippen molar-refractivity contribution in [1.82, 2.24) is 10.2 Å². The first-order valence-electron chi connectivity index (χ1n) is 6.85. The number of hydrogen-bond acceptors (Lipinski definition) is 3. The lowest BCUT2D eigenvalue weighted by Gasteiger charge is -2.40. The highest BCUT2D eigenvalue weighted by Crippen LogP contribution is 2.30. The summed E-state index contributed by atoms with van der Waals surface area (Å²) in [7, 11) is 0. The Kier molecular flexibility index (Phi) is 4.62. The molecule has 1 unspecified atom stereocenters. The summed E-state index contributed by atoms with van der Waals surface area (Å²) in [6.07, 6.45) is 5.34. The molecule has 0 radical (unpaired) electrons. The van der Waals surface area contributed by atoms with Crippen molar-refractivity contribution in [3.8, 4) is 0 Å². The van der Waals surface area contributed by atoms with Crippen molar-refractivity contribution in [3.63, 3.8) is 0 Å². The third-order valence-corrected chi connectivity index (χ3v) is 3.91. The van der Waals surface area contributed by atoms with Crippen molar-refractivity contribution < 1.29 is 4.74 Å². The van der Waals surface area contributed by atoms with Crippen molar-refractivity contribution in [2.24, 2.45) is 5.41 Å². The predicted octanol–water partition coefficient (Wildman–Crippen LogP) is 1.49. The maximum absolute atomic E-state index is 5.73. The van der Waals surface area contributed by atoms with Crippen molar-refractivity contribution in [2.75, 3.05) is 45.9 Å². The lowest BCUT2D eigenvalue weighted by molar-refractivity contribution is -0.0227. The van der Waals surface area contributed by atoms with E-state index in [0.29, 0.717) is 5.41 Å². The van der Waals surface area contributed by atoms with E-state index in [-0.39, 0.29) is 0 Å². The Morgan fingerprint density at radius 2 is 2.06 bits per heavy atom. The zero-order valence-corrected chi connectivity index (χ0v) is 10.6. The lowest BCUT2D eigenvalue weighted by Crippen LogP contribution is -2.48. The second-order valence-electron chi connectivity index (χ2n) is 5.42. The van der Waals surface area contributed by atoms with Gasteiger partial charge in [0, 0.05) is 25.1 Å². The Hall–Kier alpha value is -0.120. The van der Waals surface area contributed by atoms with Gasteiger partial charge in [-0.25, -0.2) is 0 Å². The normalized spacial score (nSPS) is 32.1. The number of nitrogens with one attached hydrogen (secondary N) is 1. The molecule has 16 heavy (non-hydrogen) atoms. The van der Waals surface area contributed by atoms with Crippen LogP contribution in [0, 0.1) is 5.41 Å². The average molecular weight is 226 g/mol. The topological polar surface area (TPSA) is 24.5 Å². The van der Waals surface area contributed by atoms with E-state index >= 15 is 0 Å². The maximum atomic E-state index is 5.73. The van der Waals surface area contributed by atoms with Crippen LogP contribution in [0.15, 0.2) is 0 Å². The second kappa shape index (κ2) is 5.99. The minimum atomic E-state index is 0.388. The highest BCUT2D eigenvalue weighted by atomic mass is 16.5. The molecule has 1 N–H and O–H groups in total. The molecule has 2 heterocycles. The molecular weight excluding hydrogens is 200 g/mol. The molecule has 2 fully saturated rings. The van der Waals surface area contributed by atoms with Crippen LogP contribution in [0.25, 0.3) is 0 Å². The van der Waals surface area contributed by atoms with Gasteiger partial charge < -0.3 is 15.0 Å². The number of rotatable bonds is 5. The van der Waals surface area contributed by atoms with Crippen molar-refractivity contribution in [2.45, 2.75) is 32.6 Å². The van der Waals surface area contributed by atoms with Crippen LogP contribution in [-0.4, -0.2) is 50.8 Å². The van der Waals surface area contributed by atoms with Gasteiger partial charge in [-0.3, -0.25) is 0 Å². The molecule has 0 aliphatic carbocycles. The van der Waals surface area contributed by atoms with Crippen molar-refractivity contribution in [3.05, 3.63) is 0 Å². The molecule has 0 aromatic rings. The molecule has 2 aliphatic rings. The monoisotopic (exact) mass is 226 g/mol. The Labute approximate surface area is 99.5 Å². The zero-order valence-electron chi connectivity index (χ0n) is 10.6. The summed E-state index contributed by atoms with van der Waals surface area (Å²) in [5.41, 5.74) is 0.388. The molecule has 2 saturated heterocycles. The fraction of sp³-hybridized carbons (Fsp3) is 1.00. The summed E-state index contributed by atoms with van der Waals surface area (Å²) in [4.78, 5) is 2.63. The molecule has 94 valence electrons. The van der Waals surface area contributed by atoms with E-state index in [0.717, 1.165) is 26.3 Å². The van der Waals surface area contributed by atoms with Gasteiger partial charge in [0.1, 0.15) is 0 Å². The van der Waals surface area contributed by atoms with Crippen molar-refractivity contribution in [1.29, 1.82) is 0 Å². The summed E-state index contributed by atoms with van der Waals surface area (Å²) in [6, 6.07) is 0. The molecule has 3 heteroatoms. The molecule has 2 aliphatic heterocycles.